The molecule has 0 saturated carbocycles. The minimum atomic E-state index is -0.986. The molecule has 0 spiro atoms. The van der Waals surface area contributed by atoms with E-state index in [1.807, 2.05) is 12.2 Å². The third-order valence-electron chi connectivity index (χ3n) is 5.20. The van der Waals surface area contributed by atoms with E-state index in [1.54, 1.807) is 0 Å². The van der Waals surface area contributed by atoms with Crippen LogP contribution in [0.3, 0.4) is 0 Å². The first-order valence-corrected chi connectivity index (χ1v) is 11.1. The topological polar surface area (TPSA) is 101 Å². The van der Waals surface area contributed by atoms with Gasteiger partial charge in [-0.2, -0.15) is 0 Å². The zero-order valence-corrected chi connectivity index (χ0v) is 18.2. The highest BCUT2D eigenvalue weighted by atomic mass is 16.5. The number of rotatable bonds is 19. The van der Waals surface area contributed by atoms with Gasteiger partial charge in [-0.05, 0) is 31.6 Å². The van der Waals surface area contributed by atoms with Crippen molar-refractivity contribution >= 4 is 17.9 Å². The van der Waals surface area contributed by atoms with Crippen LogP contribution in [0.2, 0.25) is 0 Å². The fourth-order valence-corrected chi connectivity index (χ4v) is 3.50. The number of methoxy groups -OCH3 is 1. The number of allylic oxidation sites excluding steroid dienone is 2. The number of carbonyl (C=O) groups is 3. The van der Waals surface area contributed by atoms with Gasteiger partial charge < -0.3 is 14.9 Å². The SMILES string of the molecule is CCCCCCCCC(/C=C/CCCCCCC(=O)O)C(CC(=O)O)C(=O)OC. The van der Waals surface area contributed by atoms with Gasteiger partial charge in [0.25, 0.3) is 0 Å². The number of esters is 1. The van der Waals surface area contributed by atoms with Gasteiger partial charge in [0.2, 0.25) is 0 Å². The van der Waals surface area contributed by atoms with Gasteiger partial charge in [0.15, 0.2) is 0 Å². The number of hydrogen-bond acceptors (Lipinski definition) is 4. The van der Waals surface area contributed by atoms with Crippen LogP contribution >= 0.6 is 0 Å². The monoisotopic (exact) mass is 412 g/mol. The molecule has 2 unspecified atom stereocenters. The summed E-state index contributed by atoms with van der Waals surface area (Å²) in [4.78, 5) is 33.9. The molecule has 0 aliphatic carbocycles. The van der Waals surface area contributed by atoms with Crippen molar-refractivity contribution in [2.75, 3.05) is 7.11 Å². The van der Waals surface area contributed by atoms with Gasteiger partial charge >= 0.3 is 17.9 Å². The Balaban J connectivity index is 4.60. The Labute approximate surface area is 175 Å². The van der Waals surface area contributed by atoms with Crippen LogP contribution in [-0.2, 0) is 19.1 Å². The molecule has 0 amide bonds. The molecule has 0 bridgehead atoms. The zero-order valence-electron chi connectivity index (χ0n) is 18.2. The molecule has 2 N–H and O–H groups in total. The standard InChI is InChI=1S/C23H40O6/c1-3-4-5-6-9-12-15-19(20(18-22(26)27)23(28)29-2)16-13-10-7-8-11-14-17-21(24)25/h13,16,19-20H,3-12,14-15,17-18H2,1-2H3,(H,24,25)(H,26,27)/b16-13+. The first-order valence-electron chi connectivity index (χ1n) is 11.1. The second-order valence-electron chi connectivity index (χ2n) is 7.72. The molecule has 0 radical (unpaired) electrons. The van der Waals surface area contributed by atoms with Crippen molar-refractivity contribution in [2.45, 2.75) is 96.8 Å². The number of carboxylic acids is 2. The third kappa shape index (κ3) is 15.7. The summed E-state index contributed by atoms with van der Waals surface area (Å²) in [5.41, 5.74) is 0. The summed E-state index contributed by atoms with van der Waals surface area (Å²) >= 11 is 0. The average Bonchev–Trinajstić information content (AvgIpc) is 2.68. The van der Waals surface area contributed by atoms with Crippen LogP contribution in [0, 0.1) is 11.8 Å². The molecule has 2 atom stereocenters. The zero-order chi connectivity index (χ0) is 21.9. The van der Waals surface area contributed by atoms with E-state index >= 15 is 0 Å². The molecule has 0 saturated heterocycles. The van der Waals surface area contributed by atoms with Crippen LogP contribution in [0.1, 0.15) is 96.8 Å². The van der Waals surface area contributed by atoms with Crippen molar-refractivity contribution in [1.29, 1.82) is 0 Å². The molecule has 6 nitrogen and oxygen atoms in total. The summed E-state index contributed by atoms with van der Waals surface area (Å²) in [6, 6.07) is 0. The van der Waals surface area contributed by atoms with E-state index in [1.165, 1.54) is 32.8 Å². The number of hydrogen-bond donors (Lipinski definition) is 2. The van der Waals surface area contributed by atoms with Gasteiger partial charge in [-0.15, -0.1) is 0 Å². The lowest BCUT2D eigenvalue weighted by Gasteiger charge is -2.21. The van der Waals surface area contributed by atoms with Crippen LogP contribution in [0.5, 0.6) is 0 Å². The van der Waals surface area contributed by atoms with Gasteiger partial charge in [0, 0.05) is 6.42 Å². The minimum Gasteiger partial charge on any atom is -0.481 e. The number of carbonyl (C=O) groups excluding carboxylic acids is 1. The van der Waals surface area contributed by atoms with Crippen molar-refractivity contribution in [3.8, 4) is 0 Å². The second kappa shape index (κ2) is 18.2. The maximum absolute atomic E-state index is 12.2. The van der Waals surface area contributed by atoms with Crippen LogP contribution in [0.15, 0.2) is 12.2 Å². The lowest BCUT2D eigenvalue weighted by Crippen LogP contribution is -2.26. The van der Waals surface area contributed by atoms with E-state index in [4.69, 9.17) is 9.84 Å². The van der Waals surface area contributed by atoms with Crippen molar-refractivity contribution in [3.05, 3.63) is 12.2 Å². The van der Waals surface area contributed by atoms with Crippen LogP contribution in [0.25, 0.3) is 0 Å². The lowest BCUT2D eigenvalue weighted by atomic mass is 9.84. The Morgan fingerprint density at radius 3 is 2.10 bits per heavy atom. The van der Waals surface area contributed by atoms with Gasteiger partial charge in [0.1, 0.15) is 0 Å². The van der Waals surface area contributed by atoms with E-state index in [-0.39, 0.29) is 18.8 Å². The van der Waals surface area contributed by atoms with Gasteiger partial charge in [-0.3, -0.25) is 14.4 Å². The molecule has 0 aliphatic rings. The summed E-state index contributed by atoms with van der Waals surface area (Å²) in [6.07, 6.45) is 16.1. The molecule has 0 aromatic heterocycles. The summed E-state index contributed by atoms with van der Waals surface area (Å²) in [5.74, 6) is -2.98. The minimum absolute atomic E-state index is 0.128. The van der Waals surface area contributed by atoms with Crippen molar-refractivity contribution in [1.82, 2.24) is 0 Å². The van der Waals surface area contributed by atoms with Gasteiger partial charge in [-0.1, -0.05) is 70.4 Å². The Morgan fingerprint density at radius 1 is 0.862 bits per heavy atom. The highest BCUT2D eigenvalue weighted by Gasteiger charge is 2.29. The summed E-state index contributed by atoms with van der Waals surface area (Å²) in [6.45, 7) is 2.18. The second-order valence-corrected chi connectivity index (χ2v) is 7.72. The maximum Gasteiger partial charge on any atom is 0.309 e. The largest absolute Gasteiger partial charge is 0.481 e. The van der Waals surface area contributed by atoms with Gasteiger partial charge in [-0.25, -0.2) is 0 Å². The molecule has 0 heterocycles. The first-order chi connectivity index (χ1) is 13.9. The highest BCUT2D eigenvalue weighted by Crippen LogP contribution is 2.26. The molecule has 0 aliphatic heterocycles. The van der Waals surface area contributed by atoms with Crippen molar-refractivity contribution in [2.24, 2.45) is 11.8 Å². The van der Waals surface area contributed by atoms with E-state index < -0.39 is 23.8 Å². The lowest BCUT2D eigenvalue weighted by molar-refractivity contribution is -0.152. The Kier molecular flexibility index (Phi) is 17.0. The molecule has 0 aromatic rings. The molecule has 0 aromatic carbocycles. The quantitative estimate of drug-likeness (QED) is 0.163. The van der Waals surface area contributed by atoms with E-state index in [0.29, 0.717) is 6.42 Å². The molecule has 29 heavy (non-hydrogen) atoms. The predicted molar refractivity (Wildman–Crippen MR) is 114 cm³/mol. The van der Waals surface area contributed by atoms with Crippen LogP contribution in [0.4, 0.5) is 0 Å². The molecule has 0 rings (SSSR count). The fraction of sp³-hybridized carbons (Fsp3) is 0.783. The fourth-order valence-electron chi connectivity index (χ4n) is 3.50. The van der Waals surface area contributed by atoms with E-state index in [2.05, 4.69) is 6.92 Å². The normalized spacial score (nSPS) is 13.3. The summed E-state index contributed by atoms with van der Waals surface area (Å²) in [7, 11) is 1.31. The molecule has 6 heteroatoms. The Bertz CT molecular complexity index is 486. The van der Waals surface area contributed by atoms with Crippen molar-refractivity contribution < 1.29 is 29.3 Å². The highest BCUT2D eigenvalue weighted by molar-refractivity contribution is 5.79. The van der Waals surface area contributed by atoms with Gasteiger partial charge in [0.05, 0.1) is 19.4 Å². The molecular weight excluding hydrogens is 372 g/mol. The smallest absolute Gasteiger partial charge is 0.309 e. The average molecular weight is 413 g/mol. The van der Waals surface area contributed by atoms with Crippen LogP contribution in [-0.4, -0.2) is 35.2 Å². The number of aliphatic carboxylic acids is 2. The first kappa shape index (κ1) is 27.1. The molecular formula is C23H40O6. The van der Waals surface area contributed by atoms with Crippen molar-refractivity contribution in [3.63, 3.8) is 0 Å². The Hall–Kier alpha value is -1.85. The van der Waals surface area contributed by atoms with E-state index in [0.717, 1.165) is 44.9 Å². The van der Waals surface area contributed by atoms with Crippen LogP contribution < -0.4 is 0 Å². The predicted octanol–water partition coefficient (Wildman–Crippen LogP) is 5.60. The number of ether oxygens (including phenoxy) is 1. The third-order valence-corrected chi connectivity index (χ3v) is 5.20. The maximum atomic E-state index is 12.2. The summed E-state index contributed by atoms with van der Waals surface area (Å²) in [5, 5.41) is 17.8. The number of unbranched alkanes of at least 4 members (excludes halogenated alkanes) is 9. The van der Waals surface area contributed by atoms with E-state index in [9.17, 15) is 19.5 Å². The molecule has 168 valence electrons. The molecule has 0 fully saturated rings. The number of carboxylic acid groups (broad SMARTS) is 2. The Morgan fingerprint density at radius 2 is 1.48 bits per heavy atom. The summed E-state index contributed by atoms with van der Waals surface area (Å²) < 4.78 is 4.86.